The molecular weight excluding hydrogens is 171 g/mol. The fourth-order valence-corrected chi connectivity index (χ4v) is 0.786. The molecule has 0 radical (unpaired) electrons. The first-order valence-corrected chi connectivity index (χ1v) is 3.00. The third-order valence-corrected chi connectivity index (χ3v) is 1.33. The molecule has 4 heteroatoms. The van der Waals surface area contributed by atoms with Gasteiger partial charge < -0.3 is 5.32 Å². The van der Waals surface area contributed by atoms with Gasteiger partial charge in [0.1, 0.15) is 0 Å². The summed E-state index contributed by atoms with van der Waals surface area (Å²) in [6, 6.07) is 3.70. The van der Waals surface area contributed by atoms with Gasteiger partial charge in [-0.3, -0.25) is 0 Å². The third-order valence-electron chi connectivity index (χ3n) is 1.03. The minimum Gasteiger partial charge on any atom is -0.386 e. The van der Waals surface area contributed by atoms with Gasteiger partial charge in [-0.15, -0.1) is 12.4 Å². The number of nitrogens with one attached hydrogen (secondary N) is 1. The standard InChI is InChI=1S/C6H7ClN2.ClH/c1-8-5-3-2-4-9-6(5)7;/h2-4,8H,1H3;1H. The Morgan fingerprint density at radius 3 is 2.70 bits per heavy atom. The van der Waals surface area contributed by atoms with E-state index in [0.29, 0.717) is 5.15 Å². The molecule has 0 spiro atoms. The molecule has 0 amide bonds. The molecule has 0 saturated heterocycles. The van der Waals surface area contributed by atoms with E-state index in [0.717, 1.165) is 5.69 Å². The first kappa shape index (κ1) is 9.53. The van der Waals surface area contributed by atoms with E-state index in [1.807, 2.05) is 19.2 Å². The number of hydrogen-bond acceptors (Lipinski definition) is 2. The highest BCUT2D eigenvalue weighted by Gasteiger charge is 1.92. The van der Waals surface area contributed by atoms with Crippen molar-refractivity contribution in [2.75, 3.05) is 12.4 Å². The monoisotopic (exact) mass is 178 g/mol. The minimum absolute atomic E-state index is 0. The highest BCUT2D eigenvalue weighted by Crippen LogP contribution is 2.15. The Hall–Kier alpha value is -0.470. The zero-order valence-corrected chi connectivity index (χ0v) is 7.04. The lowest BCUT2D eigenvalue weighted by molar-refractivity contribution is 1.31. The van der Waals surface area contributed by atoms with Crippen LogP contribution < -0.4 is 5.32 Å². The van der Waals surface area contributed by atoms with E-state index in [2.05, 4.69) is 10.3 Å². The van der Waals surface area contributed by atoms with E-state index < -0.39 is 0 Å². The van der Waals surface area contributed by atoms with Gasteiger partial charge in [0, 0.05) is 13.2 Å². The van der Waals surface area contributed by atoms with Crippen molar-refractivity contribution in [1.29, 1.82) is 0 Å². The van der Waals surface area contributed by atoms with Crippen LogP contribution in [0.4, 0.5) is 5.69 Å². The molecule has 0 saturated carbocycles. The molecule has 0 bridgehead atoms. The van der Waals surface area contributed by atoms with Gasteiger partial charge in [-0.1, -0.05) is 11.6 Å². The molecule has 0 aromatic carbocycles. The van der Waals surface area contributed by atoms with Crippen LogP contribution in [0.25, 0.3) is 0 Å². The summed E-state index contributed by atoms with van der Waals surface area (Å²) in [6.45, 7) is 0. The van der Waals surface area contributed by atoms with Crippen LogP contribution in [0.3, 0.4) is 0 Å². The van der Waals surface area contributed by atoms with Gasteiger partial charge in [0.2, 0.25) is 0 Å². The first-order valence-electron chi connectivity index (χ1n) is 2.63. The Labute approximate surface area is 71.0 Å². The smallest absolute Gasteiger partial charge is 0.152 e. The van der Waals surface area contributed by atoms with E-state index in [1.54, 1.807) is 6.20 Å². The largest absolute Gasteiger partial charge is 0.386 e. The average molecular weight is 179 g/mol. The summed E-state index contributed by atoms with van der Waals surface area (Å²) in [7, 11) is 1.81. The molecule has 0 aliphatic heterocycles. The lowest BCUT2D eigenvalue weighted by Gasteiger charge is -1.98. The maximum Gasteiger partial charge on any atom is 0.152 e. The number of rotatable bonds is 1. The Balaban J connectivity index is 0.000000810. The van der Waals surface area contributed by atoms with Crippen molar-refractivity contribution in [2.24, 2.45) is 0 Å². The molecule has 1 rings (SSSR count). The summed E-state index contributed by atoms with van der Waals surface area (Å²) in [4.78, 5) is 3.85. The Kier molecular flexibility index (Phi) is 4.16. The van der Waals surface area contributed by atoms with Gasteiger partial charge in [-0.05, 0) is 12.1 Å². The quantitative estimate of drug-likeness (QED) is 0.668. The van der Waals surface area contributed by atoms with Gasteiger partial charge >= 0.3 is 0 Å². The van der Waals surface area contributed by atoms with E-state index in [4.69, 9.17) is 11.6 Å². The molecule has 1 aromatic rings. The van der Waals surface area contributed by atoms with Crippen LogP contribution in [-0.4, -0.2) is 12.0 Å². The number of pyridine rings is 1. The van der Waals surface area contributed by atoms with Crippen molar-refractivity contribution in [2.45, 2.75) is 0 Å². The second-order valence-electron chi connectivity index (χ2n) is 1.59. The van der Waals surface area contributed by atoms with Crippen LogP contribution >= 0.6 is 24.0 Å². The maximum atomic E-state index is 5.65. The summed E-state index contributed by atoms with van der Waals surface area (Å²) >= 11 is 5.65. The summed E-state index contributed by atoms with van der Waals surface area (Å²) in [6.07, 6.45) is 1.66. The molecule has 1 heterocycles. The SMILES string of the molecule is CNc1cccnc1Cl.Cl. The molecule has 10 heavy (non-hydrogen) atoms. The highest BCUT2D eigenvalue weighted by molar-refractivity contribution is 6.31. The Bertz CT molecular complexity index is 203. The Morgan fingerprint density at radius 2 is 2.30 bits per heavy atom. The van der Waals surface area contributed by atoms with Crippen LogP contribution in [0.5, 0.6) is 0 Å². The number of halogens is 2. The van der Waals surface area contributed by atoms with Crippen molar-refractivity contribution < 1.29 is 0 Å². The lowest BCUT2D eigenvalue weighted by atomic mass is 10.4. The fraction of sp³-hybridized carbons (Fsp3) is 0.167. The van der Waals surface area contributed by atoms with E-state index in [-0.39, 0.29) is 12.4 Å². The van der Waals surface area contributed by atoms with Gasteiger partial charge in [-0.25, -0.2) is 4.98 Å². The van der Waals surface area contributed by atoms with Crippen LogP contribution in [0, 0.1) is 0 Å². The van der Waals surface area contributed by atoms with Crippen LogP contribution in [-0.2, 0) is 0 Å². The van der Waals surface area contributed by atoms with Crippen molar-refractivity contribution in [3.8, 4) is 0 Å². The van der Waals surface area contributed by atoms with E-state index in [1.165, 1.54) is 0 Å². The number of aromatic nitrogens is 1. The number of nitrogens with zero attached hydrogens (tertiary/aromatic N) is 1. The van der Waals surface area contributed by atoms with Gasteiger partial charge in [0.25, 0.3) is 0 Å². The second-order valence-corrected chi connectivity index (χ2v) is 1.95. The molecule has 0 fully saturated rings. The molecule has 0 aliphatic rings. The van der Waals surface area contributed by atoms with E-state index >= 15 is 0 Å². The normalized spacial score (nSPS) is 8.20. The van der Waals surface area contributed by atoms with E-state index in [9.17, 15) is 0 Å². The summed E-state index contributed by atoms with van der Waals surface area (Å²) in [5.41, 5.74) is 0.860. The van der Waals surface area contributed by atoms with Gasteiger partial charge in [-0.2, -0.15) is 0 Å². The average Bonchev–Trinajstić information content (AvgIpc) is 1.89. The van der Waals surface area contributed by atoms with Crippen molar-refractivity contribution in [3.05, 3.63) is 23.5 Å². The molecule has 1 aromatic heterocycles. The topological polar surface area (TPSA) is 24.9 Å². The molecule has 2 nitrogen and oxygen atoms in total. The predicted molar refractivity (Wildman–Crippen MR) is 46.0 cm³/mol. The van der Waals surface area contributed by atoms with Crippen molar-refractivity contribution >= 4 is 29.7 Å². The maximum absolute atomic E-state index is 5.65. The van der Waals surface area contributed by atoms with Crippen LogP contribution in [0.15, 0.2) is 18.3 Å². The predicted octanol–water partition coefficient (Wildman–Crippen LogP) is 2.20. The molecule has 0 aliphatic carbocycles. The Morgan fingerprint density at radius 1 is 1.60 bits per heavy atom. The minimum atomic E-state index is 0. The summed E-state index contributed by atoms with van der Waals surface area (Å²) < 4.78 is 0. The van der Waals surface area contributed by atoms with Crippen molar-refractivity contribution in [1.82, 2.24) is 4.98 Å². The number of hydrogen-bond donors (Lipinski definition) is 1. The van der Waals surface area contributed by atoms with Gasteiger partial charge in [0.15, 0.2) is 5.15 Å². The zero-order chi connectivity index (χ0) is 6.69. The van der Waals surface area contributed by atoms with Gasteiger partial charge in [0.05, 0.1) is 5.69 Å². The first-order chi connectivity index (χ1) is 4.34. The third kappa shape index (κ3) is 2.05. The van der Waals surface area contributed by atoms with Crippen LogP contribution in [0.2, 0.25) is 5.15 Å². The second kappa shape index (κ2) is 4.36. The zero-order valence-electron chi connectivity index (χ0n) is 5.47. The fourth-order valence-electron chi connectivity index (χ4n) is 0.573. The lowest BCUT2D eigenvalue weighted by Crippen LogP contribution is -1.89. The highest BCUT2D eigenvalue weighted by atomic mass is 35.5. The summed E-state index contributed by atoms with van der Waals surface area (Å²) in [5, 5.41) is 3.41. The molecule has 1 N–H and O–H groups in total. The molecule has 56 valence electrons. The molecule has 0 atom stereocenters. The molecule has 0 unspecified atom stereocenters. The van der Waals surface area contributed by atoms with Crippen LogP contribution in [0.1, 0.15) is 0 Å². The van der Waals surface area contributed by atoms with Crippen molar-refractivity contribution in [3.63, 3.8) is 0 Å². The molecular formula is C6H8Cl2N2. The number of anilines is 1. The summed E-state index contributed by atoms with van der Waals surface area (Å²) in [5.74, 6) is 0.